The summed E-state index contributed by atoms with van der Waals surface area (Å²) >= 11 is 9.71. The summed E-state index contributed by atoms with van der Waals surface area (Å²) in [5.74, 6) is -0.586. The Kier molecular flexibility index (Phi) is 5.33. The fourth-order valence-electron chi connectivity index (χ4n) is 1.89. The maximum atomic E-state index is 12.0. The number of nitrogens with two attached hydrogens (primary N) is 1. The highest BCUT2D eigenvalue weighted by Gasteiger charge is 2.14. The molecule has 1 aromatic heterocycles. The van der Waals surface area contributed by atoms with E-state index in [4.69, 9.17) is 16.7 Å². The molecule has 0 radical (unpaired) electrons. The number of amides is 1. The molecule has 0 saturated heterocycles. The molecule has 0 aliphatic rings. The first-order valence-corrected chi connectivity index (χ1v) is 8.84. The van der Waals surface area contributed by atoms with Crippen molar-refractivity contribution in [3.05, 3.63) is 45.3 Å². The molecule has 11 heteroatoms. The Bertz CT molecular complexity index is 972. The minimum atomic E-state index is -3.91. The van der Waals surface area contributed by atoms with E-state index < -0.39 is 28.0 Å². The molecule has 0 saturated carbocycles. The number of nitrogens with zero attached hydrogens (tertiary/aromatic N) is 2. The largest absolute Gasteiger partial charge is 0.324 e. The van der Waals surface area contributed by atoms with Crippen molar-refractivity contribution in [2.75, 3.05) is 5.32 Å². The van der Waals surface area contributed by atoms with Crippen LogP contribution in [0.15, 0.2) is 39.0 Å². The van der Waals surface area contributed by atoms with E-state index in [2.05, 4.69) is 23.0 Å². The van der Waals surface area contributed by atoms with Crippen molar-refractivity contribution in [1.29, 1.82) is 0 Å². The summed E-state index contributed by atoms with van der Waals surface area (Å²) in [5, 5.41) is 11.2. The number of anilines is 1. The van der Waals surface area contributed by atoms with Crippen LogP contribution >= 0.6 is 24.2 Å². The Hall–Kier alpha value is -1.88. The second-order valence-corrected chi connectivity index (χ2v) is 7.27. The molecule has 128 valence electrons. The summed E-state index contributed by atoms with van der Waals surface area (Å²) in [6.07, 6.45) is 1.24. The molecular formula is C13H13ClN4O4S2. The number of aryl methyl sites for hydroxylation is 1. The summed E-state index contributed by atoms with van der Waals surface area (Å²) < 4.78 is 23.8. The van der Waals surface area contributed by atoms with Crippen LogP contribution in [-0.4, -0.2) is 24.1 Å². The van der Waals surface area contributed by atoms with Gasteiger partial charge in [0.05, 0.1) is 11.1 Å². The van der Waals surface area contributed by atoms with Crippen molar-refractivity contribution in [2.45, 2.75) is 23.3 Å². The number of sulfonamides is 1. The minimum Gasteiger partial charge on any atom is -0.324 e. The smallest absolute Gasteiger partial charge is 0.287 e. The van der Waals surface area contributed by atoms with Gasteiger partial charge in [-0.15, -0.1) is 12.6 Å². The summed E-state index contributed by atoms with van der Waals surface area (Å²) in [4.78, 5) is 24.0. The number of primary sulfonamides is 1. The average Bonchev–Trinajstić information content (AvgIpc) is 2.49. The number of hydrogen-bond donors (Lipinski definition) is 3. The van der Waals surface area contributed by atoms with Crippen LogP contribution < -0.4 is 16.0 Å². The fraction of sp³-hybridized carbons (Fsp3) is 0.154. The van der Waals surface area contributed by atoms with E-state index in [1.165, 1.54) is 24.4 Å². The molecule has 1 aromatic carbocycles. The molecule has 1 heterocycles. The monoisotopic (exact) mass is 388 g/mol. The van der Waals surface area contributed by atoms with Gasteiger partial charge in [-0.25, -0.2) is 18.2 Å². The van der Waals surface area contributed by atoms with Crippen LogP contribution in [0.4, 0.5) is 5.69 Å². The maximum absolute atomic E-state index is 12.0. The molecule has 0 fully saturated rings. The molecule has 1 amide bonds. The Morgan fingerprint density at radius 2 is 2.12 bits per heavy atom. The zero-order valence-electron chi connectivity index (χ0n) is 12.4. The van der Waals surface area contributed by atoms with Gasteiger partial charge in [0.2, 0.25) is 15.9 Å². The van der Waals surface area contributed by atoms with Gasteiger partial charge in [0.15, 0.2) is 0 Å². The molecule has 0 bridgehead atoms. The van der Waals surface area contributed by atoms with Crippen LogP contribution in [-0.2, 0) is 21.4 Å². The van der Waals surface area contributed by atoms with Gasteiger partial charge in [0.25, 0.3) is 5.56 Å². The Labute approximate surface area is 148 Å². The van der Waals surface area contributed by atoms with Gasteiger partial charge in [0.1, 0.15) is 11.6 Å². The third-order valence-electron chi connectivity index (χ3n) is 3.04. The van der Waals surface area contributed by atoms with Crippen molar-refractivity contribution < 1.29 is 13.2 Å². The number of nitrogens with one attached hydrogen (secondary N) is 1. The van der Waals surface area contributed by atoms with Gasteiger partial charge in [0, 0.05) is 10.6 Å². The lowest BCUT2D eigenvalue weighted by Gasteiger charge is -2.10. The zero-order chi connectivity index (χ0) is 18.1. The number of carbonyl (C=O) groups excluding carboxylic acids is 1. The van der Waals surface area contributed by atoms with E-state index in [0.717, 1.165) is 4.68 Å². The van der Waals surface area contributed by atoms with Crippen LogP contribution in [0.2, 0.25) is 5.02 Å². The molecule has 0 unspecified atom stereocenters. The molecule has 2 aromatic rings. The highest BCUT2D eigenvalue weighted by Crippen LogP contribution is 2.19. The van der Waals surface area contributed by atoms with Crippen LogP contribution in [0.3, 0.4) is 0 Å². The van der Waals surface area contributed by atoms with E-state index in [1.54, 1.807) is 6.92 Å². The van der Waals surface area contributed by atoms with Gasteiger partial charge in [-0.05, 0) is 24.6 Å². The third-order valence-corrected chi connectivity index (χ3v) is 4.93. The Balaban J connectivity index is 2.22. The number of halogens is 1. The number of aromatic nitrogens is 2. The lowest BCUT2D eigenvalue weighted by molar-refractivity contribution is -0.117. The predicted molar refractivity (Wildman–Crippen MR) is 91.9 cm³/mol. The van der Waals surface area contributed by atoms with Gasteiger partial charge >= 0.3 is 0 Å². The summed E-state index contributed by atoms with van der Waals surface area (Å²) in [7, 11) is -3.91. The second kappa shape index (κ2) is 6.93. The van der Waals surface area contributed by atoms with E-state index in [9.17, 15) is 18.0 Å². The van der Waals surface area contributed by atoms with Gasteiger partial charge in [-0.2, -0.15) is 5.10 Å². The van der Waals surface area contributed by atoms with Crippen LogP contribution in [0.1, 0.15) is 5.56 Å². The van der Waals surface area contributed by atoms with Crippen LogP contribution in [0.5, 0.6) is 0 Å². The van der Waals surface area contributed by atoms with E-state index >= 15 is 0 Å². The SMILES string of the molecule is Cc1ccc(NC(=O)Cn2ncc(S)c(Cl)c2=O)cc1S(N)(=O)=O. The maximum Gasteiger partial charge on any atom is 0.287 e. The van der Waals surface area contributed by atoms with E-state index in [0.29, 0.717) is 5.56 Å². The lowest BCUT2D eigenvalue weighted by atomic mass is 10.2. The van der Waals surface area contributed by atoms with Gasteiger partial charge < -0.3 is 5.32 Å². The molecule has 24 heavy (non-hydrogen) atoms. The lowest BCUT2D eigenvalue weighted by Crippen LogP contribution is -2.30. The van der Waals surface area contributed by atoms with Crippen molar-refractivity contribution in [2.24, 2.45) is 5.14 Å². The van der Waals surface area contributed by atoms with E-state index in [-0.39, 0.29) is 20.5 Å². The van der Waals surface area contributed by atoms with Crippen molar-refractivity contribution in [3.63, 3.8) is 0 Å². The molecule has 0 atom stereocenters. The van der Waals surface area contributed by atoms with Crippen molar-refractivity contribution >= 4 is 45.8 Å². The molecule has 0 spiro atoms. The first-order chi connectivity index (χ1) is 11.1. The summed E-state index contributed by atoms with van der Waals surface area (Å²) in [6.45, 7) is 1.18. The van der Waals surface area contributed by atoms with E-state index in [1.807, 2.05) is 0 Å². The Morgan fingerprint density at radius 3 is 2.75 bits per heavy atom. The van der Waals surface area contributed by atoms with Crippen molar-refractivity contribution in [1.82, 2.24) is 9.78 Å². The molecule has 3 N–H and O–H groups in total. The van der Waals surface area contributed by atoms with Gasteiger partial charge in [-0.3, -0.25) is 9.59 Å². The molecule has 8 nitrogen and oxygen atoms in total. The molecular weight excluding hydrogens is 376 g/mol. The molecule has 0 aliphatic heterocycles. The normalized spacial score (nSPS) is 11.3. The summed E-state index contributed by atoms with van der Waals surface area (Å²) in [6, 6.07) is 4.26. The van der Waals surface area contributed by atoms with Crippen LogP contribution in [0.25, 0.3) is 0 Å². The predicted octanol–water partition coefficient (Wildman–Crippen LogP) is 0.780. The Morgan fingerprint density at radius 1 is 1.46 bits per heavy atom. The van der Waals surface area contributed by atoms with Gasteiger partial charge in [-0.1, -0.05) is 17.7 Å². The molecule has 2 rings (SSSR count). The quantitative estimate of drug-likeness (QED) is 0.667. The highest BCUT2D eigenvalue weighted by molar-refractivity contribution is 7.89. The van der Waals surface area contributed by atoms with Crippen molar-refractivity contribution in [3.8, 4) is 0 Å². The number of thiol groups is 1. The summed E-state index contributed by atoms with van der Waals surface area (Å²) in [5.41, 5.74) is 0.0116. The zero-order valence-corrected chi connectivity index (χ0v) is 14.8. The number of rotatable bonds is 4. The highest BCUT2D eigenvalue weighted by atomic mass is 35.5. The number of carbonyl (C=O) groups is 1. The fourth-order valence-corrected chi connectivity index (χ4v) is 2.99. The number of benzene rings is 1. The number of hydrogen-bond acceptors (Lipinski definition) is 6. The first-order valence-electron chi connectivity index (χ1n) is 6.47. The third kappa shape index (κ3) is 4.15. The molecule has 0 aliphatic carbocycles. The topological polar surface area (TPSA) is 124 Å². The standard InChI is InChI=1S/C13H13ClN4O4S2/c1-7-2-3-8(4-10(7)24(15,21)22)17-11(19)6-18-13(20)12(14)9(23)5-16-18/h2-5,23H,6H2,1H3,(H,17,19)(H2,15,21,22). The minimum absolute atomic E-state index is 0.0990. The van der Waals surface area contributed by atoms with Crippen LogP contribution in [0, 0.1) is 6.92 Å². The average molecular weight is 389 g/mol. The second-order valence-electron chi connectivity index (χ2n) is 4.88. The first kappa shape index (κ1) is 18.5.